The Balaban J connectivity index is 1.92. The molecule has 0 aromatic heterocycles. The Labute approximate surface area is 128 Å². The number of nitrogens with zero attached hydrogens (tertiary/aromatic N) is 3. The molecule has 2 aliphatic heterocycles. The second-order valence-corrected chi connectivity index (χ2v) is 4.86. The molecule has 1 saturated heterocycles. The number of carbonyl (C=O) groups is 3. The Morgan fingerprint density at radius 1 is 1.30 bits per heavy atom. The predicted molar refractivity (Wildman–Crippen MR) is 75.5 cm³/mol. The van der Waals surface area contributed by atoms with E-state index in [4.69, 9.17) is 0 Å². The molecule has 0 radical (unpaired) electrons. The molecule has 1 fully saturated rings. The minimum atomic E-state index is -1.06. The van der Waals surface area contributed by atoms with Crippen molar-refractivity contribution in [2.75, 3.05) is 12.0 Å². The summed E-state index contributed by atoms with van der Waals surface area (Å²) in [6.45, 7) is 0. The number of imide groups is 1. The minimum Gasteiger partial charge on any atom is -0.464 e. The highest BCUT2D eigenvalue weighted by atomic mass is 16.6. The standard InChI is InChI=1S/C13H10N4O6/c1-23-13(20)10-8-9(14-15-10)12(19)16(11(8)18)6-2-4-7(5-3-6)17(21)22/h2-5,8-9,14H,1H3/t8-,9-/m1/s1. The van der Waals surface area contributed by atoms with E-state index in [-0.39, 0.29) is 17.1 Å². The van der Waals surface area contributed by atoms with Gasteiger partial charge < -0.3 is 4.74 Å². The number of ether oxygens (including phenoxy) is 1. The van der Waals surface area contributed by atoms with Crippen molar-refractivity contribution in [2.45, 2.75) is 6.04 Å². The molecule has 2 aliphatic rings. The summed E-state index contributed by atoms with van der Waals surface area (Å²) in [6, 6.07) is 3.99. The van der Waals surface area contributed by atoms with Crippen LogP contribution in [-0.2, 0) is 19.1 Å². The second kappa shape index (κ2) is 5.16. The van der Waals surface area contributed by atoms with Crippen molar-refractivity contribution in [1.82, 2.24) is 5.43 Å². The predicted octanol–water partition coefficient (Wildman–Crippen LogP) is -0.415. The summed E-state index contributed by atoms with van der Waals surface area (Å²) in [6.07, 6.45) is 0. The van der Waals surface area contributed by atoms with E-state index in [9.17, 15) is 24.5 Å². The topological polar surface area (TPSA) is 131 Å². The fourth-order valence-electron chi connectivity index (χ4n) is 2.54. The molecule has 2 heterocycles. The molecule has 3 rings (SSSR count). The fraction of sp³-hybridized carbons (Fsp3) is 0.231. The summed E-state index contributed by atoms with van der Waals surface area (Å²) in [5.41, 5.74) is 2.32. The minimum absolute atomic E-state index is 0.164. The molecule has 0 spiro atoms. The Kier molecular flexibility index (Phi) is 3.28. The van der Waals surface area contributed by atoms with E-state index >= 15 is 0 Å². The number of methoxy groups -OCH3 is 1. The Hall–Kier alpha value is -3.30. The number of non-ortho nitro benzene ring substituents is 1. The fourth-order valence-corrected chi connectivity index (χ4v) is 2.54. The van der Waals surface area contributed by atoms with E-state index in [0.717, 1.165) is 12.0 Å². The number of fused-ring (bicyclic) bond motifs is 1. The molecule has 0 unspecified atom stereocenters. The van der Waals surface area contributed by atoms with E-state index < -0.39 is 34.7 Å². The second-order valence-electron chi connectivity index (χ2n) is 4.86. The summed E-state index contributed by atoms with van der Waals surface area (Å²) >= 11 is 0. The molecule has 0 saturated carbocycles. The first-order valence-electron chi connectivity index (χ1n) is 6.49. The highest BCUT2D eigenvalue weighted by Gasteiger charge is 2.55. The quantitative estimate of drug-likeness (QED) is 0.346. The van der Waals surface area contributed by atoms with E-state index in [2.05, 4.69) is 15.3 Å². The molecule has 2 atom stereocenters. The third kappa shape index (κ3) is 2.11. The van der Waals surface area contributed by atoms with Gasteiger partial charge in [-0.25, -0.2) is 9.69 Å². The largest absolute Gasteiger partial charge is 0.464 e. The van der Waals surface area contributed by atoms with Gasteiger partial charge in [-0.2, -0.15) is 5.10 Å². The number of nitro benzene ring substituents is 1. The van der Waals surface area contributed by atoms with Gasteiger partial charge in [0.2, 0.25) is 5.91 Å². The van der Waals surface area contributed by atoms with Gasteiger partial charge in [-0.15, -0.1) is 0 Å². The number of rotatable bonds is 3. The van der Waals surface area contributed by atoms with Crippen molar-refractivity contribution in [3.63, 3.8) is 0 Å². The van der Waals surface area contributed by atoms with Crippen LogP contribution in [0.25, 0.3) is 0 Å². The summed E-state index contributed by atoms with van der Waals surface area (Å²) < 4.78 is 4.54. The number of anilines is 1. The lowest BCUT2D eigenvalue weighted by molar-refractivity contribution is -0.384. The van der Waals surface area contributed by atoms with Crippen molar-refractivity contribution in [3.8, 4) is 0 Å². The highest BCUT2D eigenvalue weighted by Crippen LogP contribution is 2.31. The third-order valence-electron chi connectivity index (χ3n) is 3.64. The molecule has 118 valence electrons. The van der Waals surface area contributed by atoms with Crippen LogP contribution >= 0.6 is 0 Å². The maximum atomic E-state index is 12.5. The summed E-state index contributed by atoms with van der Waals surface area (Å²) in [5, 5.41) is 14.3. The molecule has 0 bridgehead atoms. The van der Waals surface area contributed by atoms with Crippen LogP contribution in [0.4, 0.5) is 11.4 Å². The number of esters is 1. The SMILES string of the molecule is COC(=O)C1=NN[C@H]2C(=O)N(c3ccc([N+](=O)[O-])cc3)C(=O)[C@@H]12. The lowest BCUT2D eigenvalue weighted by Gasteiger charge is -2.15. The van der Waals surface area contributed by atoms with Crippen molar-refractivity contribution in [3.05, 3.63) is 34.4 Å². The molecule has 0 aliphatic carbocycles. The number of hydrogen-bond donors (Lipinski definition) is 1. The van der Waals surface area contributed by atoms with Gasteiger partial charge in [0.1, 0.15) is 12.0 Å². The first-order valence-corrected chi connectivity index (χ1v) is 6.49. The number of nitro groups is 1. The van der Waals surface area contributed by atoms with E-state index in [0.29, 0.717) is 0 Å². The van der Waals surface area contributed by atoms with Crippen molar-refractivity contribution >= 4 is 34.9 Å². The van der Waals surface area contributed by atoms with Crippen LogP contribution in [0.5, 0.6) is 0 Å². The maximum absolute atomic E-state index is 12.5. The normalized spacial score (nSPS) is 22.5. The molecule has 1 aromatic carbocycles. The first kappa shape index (κ1) is 14.6. The molecule has 10 heteroatoms. The van der Waals surface area contributed by atoms with Crippen LogP contribution < -0.4 is 10.3 Å². The van der Waals surface area contributed by atoms with Gasteiger partial charge in [-0.05, 0) is 12.1 Å². The number of benzene rings is 1. The van der Waals surface area contributed by atoms with Gasteiger partial charge >= 0.3 is 5.97 Å². The summed E-state index contributed by atoms with van der Waals surface area (Å²) in [7, 11) is 1.15. The van der Waals surface area contributed by atoms with E-state index in [1.54, 1.807) is 0 Å². The smallest absolute Gasteiger partial charge is 0.355 e. The Morgan fingerprint density at radius 3 is 2.52 bits per heavy atom. The molecule has 2 amide bonds. The monoisotopic (exact) mass is 318 g/mol. The van der Waals surface area contributed by atoms with E-state index in [1.165, 1.54) is 24.3 Å². The number of amides is 2. The zero-order valence-corrected chi connectivity index (χ0v) is 11.8. The van der Waals surface area contributed by atoms with Crippen LogP contribution in [0.15, 0.2) is 29.4 Å². The van der Waals surface area contributed by atoms with Crippen molar-refractivity contribution in [2.24, 2.45) is 11.0 Å². The molecular weight excluding hydrogens is 308 g/mol. The van der Waals surface area contributed by atoms with Gasteiger partial charge in [0.05, 0.1) is 17.7 Å². The number of hydrazone groups is 1. The zero-order chi connectivity index (χ0) is 16.7. The summed E-state index contributed by atoms with van der Waals surface area (Å²) in [5.74, 6) is -3.08. The number of hydrogen-bond acceptors (Lipinski definition) is 8. The highest BCUT2D eigenvalue weighted by molar-refractivity contribution is 6.46. The third-order valence-corrected chi connectivity index (χ3v) is 3.64. The summed E-state index contributed by atoms with van der Waals surface area (Å²) in [4.78, 5) is 47.4. The van der Waals surface area contributed by atoms with Crippen LogP contribution in [-0.4, -0.2) is 41.6 Å². The van der Waals surface area contributed by atoms with Crippen LogP contribution in [0.1, 0.15) is 0 Å². The van der Waals surface area contributed by atoms with Crippen molar-refractivity contribution < 1.29 is 24.0 Å². The van der Waals surface area contributed by atoms with Gasteiger partial charge in [-0.3, -0.25) is 25.1 Å². The molecule has 10 nitrogen and oxygen atoms in total. The Morgan fingerprint density at radius 2 is 1.96 bits per heavy atom. The molecule has 1 aromatic rings. The maximum Gasteiger partial charge on any atom is 0.355 e. The average molecular weight is 318 g/mol. The van der Waals surface area contributed by atoms with Crippen LogP contribution in [0.2, 0.25) is 0 Å². The number of nitrogens with one attached hydrogen (secondary N) is 1. The first-order chi connectivity index (χ1) is 11.0. The van der Waals surface area contributed by atoms with Gasteiger partial charge in [0.15, 0.2) is 5.71 Å². The van der Waals surface area contributed by atoms with Gasteiger partial charge in [0, 0.05) is 12.1 Å². The lowest BCUT2D eigenvalue weighted by atomic mass is 9.99. The molecule has 23 heavy (non-hydrogen) atoms. The lowest BCUT2D eigenvalue weighted by Crippen LogP contribution is -2.36. The molecule has 1 N–H and O–H groups in total. The van der Waals surface area contributed by atoms with E-state index in [1.807, 2.05) is 0 Å². The van der Waals surface area contributed by atoms with Crippen LogP contribution in [0.3, 0.4) is 0 Å². The average Bonchev–Trinajstić information content (AvgIpc) is 3.08. The van der Waals surface area contributed by atoms with Crippen molar-refractivity contribution in [1.29, 1.82) is 0 Å². The molecular formula is C13H10N4O6. The van der Waals surface area contributed by atoms with Gasteiger partial charge in [-0.1, -0.05) is 0 Å². The van der Waals surface area contributed by atoms with Gasteiger partial charge in [0.25, 0.3) is 11.6 Å². The van der Waals surface area contributed by atoms with Crippen LogP contribution in [0, 0.1) is 16.0 Å². The Bertz CT molecular complexity index is 756. The number of carbonyl (C=O) groups excluding carboxylic acids is 3. The zero-order valence-electron chi connectivity index (χ0n) is 11.8.